The lowest BCUT2D eigenvalue weighted by Crippen LogP contribution is -2.37. The van der Waals surface area contributed by atoms with E-state index in [2.05, 4.69) is 25.8 Å². The Morgan fingerprint density at radius 2 is 2.00 bits per heavy atom. The molecule has 4 aromatic rings. The van der Waals surface area contributed by atoms with Gasteiger partial charge in [0.25, 0.3) is 5.91 Å². The molecule has 0 bridgehead atoms. The third-order valence-corrected chi connectivity index (χ3v) is 5.60. The highest BCUT2D eigenvalue weighted by atomic mass is 35.5. The molecule has 1 atom stereocenters. The van der Waals surface area contributed by atoms with Crippen LogP contribution in [0.5, 0.6) is 0 Å². The van der Waals surface area contributed by atoms with Gasteiger partial charge in [-0.3, -0.25) is 4.79 Å². The molecular formula is C22H21ClN6O. The van der Waals surface area contributed by atoms with Gasteiger partial charge in [-0.25, -0.2) is 9.67 Å². The molecule has 8 heteroatoms. The van der Waals surface area contributed by atoms with Crippen LogP contribution in [0.15, 0.2) is 61.1 Å². The number of carbonyl (C=O) groups excluding carboxylic acids is 1. The van der Waals surface area contributed by atoms with Crippen LogP contribution in [0.3, 0.4) is 0 Å². The number of aromatic nitrogens is 4. The number of nitrogens with zero attached hydrogens (tertiary/aromatic N) is 5. The van der Waals surface area contributed by atoms with Gasteiger partial charge in [0.2, 0.25) is 0 Å². The Labute approximate surface area is 178 Å². The first-order chi connectivity index (χ1) is 14.6. The second-order valence-electron chi connectivity index (χ2n) is 7.53. The first kappa shape index (κ1) is 18.7. The summed E-state index contributed by atoms with van der Waals surface area (Å²) >= 11 is 5.94. The second kappa shape index (κ2) is 7.50. The molecule has 1 aliphatic heterocycles. The van der Waals surface area contributed by atoms with Gasteiger partial charge in [-0.15, -0.1) is 0 Å². The molecule has 0 spiro atoms. The van der Waals surface area contributed by atoms with E-state index in [1.807, 2.05) is 37.5 Å². The van der Waals surface area contributed by atoms with Crippen molar-refractivity contribution in [3.63, 3.8) is 0 Å². The molecule has 5 rings (SSSR count). The number of anilines is 1. The minimum atomic E-state index is -0.167. The molecule has 1 aliphatic rings. The number of rotatable bonds is 4. The van der Waals surface area contributed by atoms with Crippen LogP contribution in [-0.4, -0.2) is 44.2 Å². The summed E-state index contributed by atoms with van der Waals surface area (Å²) in [7, 11) is 0. The summed E-state index contributed by atoms with van der Waals surface area (Å²) in [6.07, 6.45) is 6.69. The van der Waals surface area contributed by atoms with E-state index in [9.17, 15) is 4.79 Å². The number of hydrogen-bond acceptors (Lipinski definition) is 4. The zero-order valence-electron chi connectivity index (χ0n) is 16.5. The molecule has 1 aromatic carbocycles. The number of aryl methyl sites for hydroxylation is 1. The van der Waals surface area contributed by atoms with Crippen LogP contribution in [-0.2, 0) is 0 Å². The van der Waals surface area contributed by atoms with Gasteiger partial charge >= 0.3 is 0 Å². The maximum atomic E-state index is 12.7. The number of fused-ring (bicyclic) bond motifs is 1. The van der Waals surface area contributed by atoms with Crippen LogP contribution < -0.4 is 10.2 Å². The van der Waals surface area contributed by atoms with Gasteiger partial charge < -0.3 is 14.6 Å². The predicted molar refractivity (Wildman–Crippen MR) is 117 cm³/mol. The quantitative estimate of drug-likeness (QED) is 0.548. The van der Waals surface area contributed by atoms with Crippen molar-refractivity contribution >= 4 is 28.8 Å². The van der Waals surface area contributed by atoms with Gasteiger partial charge in [0.15, 0.2) is 11.5 Å². The molecule has 3 aromatic heterocycles. The van der Waals surface area contributed by atoms with E-state index in [0.717, 1.165) is 42.2 Å². The second-order valence-corrected chi connectivity index (χ2v) is 7.97. The lowest BCUT2D eigenvalue weighted by molar-refractivity contribution is 0.0935. The van der Waals surface area contributed by atoms with Gasteiger partial charge in [0, 0.05) is 42.7 Å². The van der Waals surface area contributed by atoms with Crippen molar-refractivity contribution in [3.05, 3.63) is 77.5 Å². The molecule has 0 aliphatic carbocycles. The molecule has 0 saturated carbocycles. The molecule has 0 radical (unpaired) electrons. The summed E-state index contributed by atoms with van der Waals surface area (Å²) in [6.45, 7) is 3.57. The Kier molecular flexibility index (Phi) is 4.67. The largest absolute Gasteiger partial charge is 0.353 e. The molecule has 7 nitrogen and oxygen atoms in total. The fourth-order valence-corrected chi connectivity index (χ4v) is 4.02. The van der Waals surface area contributed by atoms with Crippen molar-refractivity contribution < 1.29 is 4.79 Å². The molecule has 1 saturated heterocycles. The van der Waals surface area contributed by atoms with Crippen LogP contribution in [0.1, 0.15) is 22.6 Å². The highest BCUT2D eigenvalue weighted by molar-refractivity contribution is 6.30. The van der Waals surface area contributed by atoms with Crippen molar-refractivity contribution in [2.75, 3.05) is 18.0 Å². The fraction of sp³-hybridized carbons (Fsp3) is 0.227. The molecule has 0 unspecified atom stereocenters. The first-order valence-electron chi connectivity index (χ1n) is 9.88. The minimum absolute atomic E-state index is 0.0514. The maximum Gasteiger partial charge on any atom is 0.272 e. The third kappa shape index (κ3) is 3.52. The Morgan fingerprint density at radius 1 is 1.17 bits per heavy atom. The van der Waals surface area contributed by atoms with Crippen molar-refractivity contribution in [2.45, 2.75) is 19.4 Å². The molecule has 152 valence electrons. The highest BCUT2D eigenvalue weighted by Crippen LogP contribution is 2.24. The standard InChI is InChI=1S/C22H21ClN6O/c1-15-13-27-10-2-3-20(27)21(24-15)28-11-8-17(14-28)25-22(30)19-9-12-29(26-19)18-6-4-16(23)5-7-18/h2-7,9-10,12-13,17H,8,11,14H2,1H3,(H,25,30)/t17-/m0/s1. The number of benzene rings is 1. The average Bonchev–Trinajstić information content (AvgIpc) is 3.48. The monoisotopic (exact) mass is 420 g/mol. The van der Waals surface area contributed by atoms with Crippen molar-refractivity contribution in [1.82, 2.24) is 24.5 Å². The Morgan fingerprint density at radius 3 is 2.83 bits per heavy atom. The van der Waals surface area contributed by atoms with Gasteiger partial charge in [0.1, 0.15) is 0 Å². The van der Waals surface area contributed by atoms with Gasteiger partial charge in [-0.2, -0.15) is 5.10 Å². The zero-order valence-corrected chi connectivity index (χ0v) is 17.3. The summed E-state index contributed by atoms with van der Waals surface area (Å²) in [5, 5.41) is 8.18. The Bertz CT molecular complexity index is 1210. The lowest BCUT2D eigenvalue weighted by atomic mass is 10.2. The Balaban J connectivity index is 1.27. The SMILES string of the molecule is Cc1cn2cccc2c(N2CC[C@H](NC(=O)c3ccn(-c4ccc(Cl)cc4)n3)C2)n1. The van der Waals surface area contributed by atoms with Crippen LogP contribution >= 0.6 is 11.6 Å². The zero-order chi connectivity index (χ0) is 20.7. The van der Waals surface area contributed by atoms with E-state index in [1.165, 1.54) is 0 Å². The van der Waals surface area contributed by atoms with E-state index in [-0.39, 0.29) is 11.9 Å². The fourth-order valence-electron chi connectivity index (χ4n) is 3.90. The molecule has 1 fully saturated rings. The van der Waals surface area contributed by atoms with Crippen molar-refractivity contribution in [2.24, 2.45) is 0 Å². The normalized spacial score (nSPS) is 16.3. The van der Waals surface area contributed by atoms with E-state index in [1.54, 1.807) is 29.1 Å². The van der Waals surface area contributed by atoms with E-state index >= 15 is 0 Å². The molecule has 30 heavy (non-hydrogen) atoms. The van der Waals surface area contributed by atoms with Crippen LogP contribution in [0.4, 0.5) is 5.82 Å². The summed E-state index contributed by atoms with van der Waals surface area (Å²) in [6, 6.07) is 13.2. The minimum Gasteiger partial charge on any atom is -0.353 e. The average molecular weight is 421 g/mol. The van der Waals surface area contributed by atoms with Gasteiger partial charge in [-0.05, 0) is 55.8 Å². The topological polar surface area (TPSA) is 67.5 Å². The van der Waals surface area contributed by atoms with E-state index in [0.29, 0.717) is 10.7 Å². The number of amides is 1. The number of carbonyl (C=O) groups is 1. The van der Waals surface area contributed by atoms with Gasteiger partial charge in [-0.1, -0.05) is 11.6 Å². The number of halogens is 1. The summed E-state index contributed by atoms with van der Waals surface area (Å²) < 4.78 is 3.76. The molecule has 1 N–H and O–H groups in total. The smallest absolute Gasteiger partial charge is 0.272 e. The Hall–Kier alpha value is -3.32. The summed E-state index contributed by atoms with van der Waals surface area (Å²) in [4.78, 5) is 19.7. The van der Waals surface area contributed by atoms with E-state index < -0.39 is 0 Å². The van der Waals surface area contributed by atoms with Crippen LogP contribution in [0.2, 0.25) is 5.02 Å². The van der Waals surface area contributed by atoms with E-state index in [4.69, 9.17) is 16.6 Å². The molecular weight excluding hydrogens is 400 g/mol. The summed E-state index contributed by atoms with van der Waals surface area (Å²) in [5.74, 6) is 0.795. The lowest BCUT2D eigenvalue weighted by Gasteiger charge is -2.19. The van der Waals surface area contributed by atoms with Crippen molar-refractivity contribution in [1.29, 1.82) is 0 Å². The maximum absolute atomic E-state index is 12.7. The highest BCUT2D eigenvalue weighted by Gasteiger charge is 2.27. The summed E-state index contributed by atoms with van der Waals surface area (Å²) in [5.41, 5.74) is 3.29. The first-order valence-corrected chi connectivity index (χ1v) is 10.3. The van der Waals surface area contributed by atoms with Crippen LogP contribution in [0.25, 0.3) is 11.2 Å². The predicted octanol–water partition coefficient (Wildman–Crippen LogP) is 3.49. The number of hydrogen-bond donors (Lipinski definition) is 1. The van der Waals surface area contributed by atoms with Crippen LogP contribution in [0, 0.1) is 6.92 Å². The van der Waals surface area contributed by atoms with Crippen molar-refractivity contribution in [3.8, 4) is 5.69 Å². The molecule has 1 amide bonds. The van der Waals surface area contributed by atoms with Gasteiger partial charge in [0.05, 0.1) is 16.9 Å². The number of nitrogens with one attached hydrogen (secondary N) is 1. The third-order valence-electron chi connectivity index (χ3n) is 5.35. The molecule has 4 heterocycles.